The number of carboxylic acids is 1. The van der Waals surface area contributed by atoms with Crippen LogP contribution >= 0.6 is 0 Å². The fourth-order valence-electron chi connectivity index (χ4n) is 1.80. The summed E-state index contributed by atoms with van der Waals surface area (Å²) < 4.78 is 5.31. The summed E-state index contributed by atoms with van der Waals surface area (Å²) in [5.41, 5.74) is 2.31. The summed E-state index contributed by atoms with van der Waals surface area (Å²) in [6.45, 7) is 9.95. The molecule has 1 aromatic carbocycles. The van der Waals surface area contributed by atoms with E-state index in [0.717, 1.165) is 12.0 Å². The summed E-state index contributed by atoms with van der Waals surface area (Å²) in [4.78, 5) is 10.6. The Morgan fingerprint density at radius 3 is 2.68 bits per heavy atom. The summed E-state index contributed by atoms with van der Waals surface area (Å²) >= 11 is 0. The Kier molecular flexibility index (Phi) is 5.16. The third kappa shape index (κ3) is 4.12. The lowest BCUT2D eigenvalue weighted by atomic mass is 9.81. The second-order valence-electron chi connectivity index (χ2n) is 5.24. The Balaban J connectivity index is 3.06. The molecular weight excluding hydrogens is 240 g/mol. The van der Waals surface area contributed by atoms with Crippen LogP contribution in [0.5, 0.6) is 5.75 Å². The Morgan fingerprint density at radius 1 is 1.47 bits per heavy atom. The van der Waals surface area contributed by atoms with E-state index in [9.17, 15) is 4.79 Å². The average Bonchev–Trinajstić information content (AvgIpc) is 2.37. The van der Waals surface area contributed by atoms with Gasteiger partial charge < -0.3 is 9.84 Å². The number of aliphatic carboxylic acids is 1. The van der Waals surface area contributed by atoms with E-state index in [1.807, 2.05) is 12.1 Å². The lowest BCUT2D eigenvalue weighted by molar-refractivity contribution is -0.139. The second-order valence-corrected chi connectivity index (χ2v) is 5.24. The minimum atomic E-state index is -0.970. The first-order chi connectivity index (χ1) is 8.90. The molecule has 0 aliphatic carbocycles. The van der Waals surface area contributed by atoms with E-state index in [-0.39, 0.29) is 12.0 Å². The molecule has 3 nitrogen and oxygen atoms in total. The highest BCUT2D eigenvalue weighted by molar-refractivity contribution is 5.68. The van der Waals surface area contributed by atoms with Crippen LogP contribution in [0.15, 0.2) is 30.9 Å². The molecule has 1 N–H and O–H groups in total. The second kappa shape index (κ2) is 6.41. The van der Waals surface area contributed by atoms with E-state index >= 15 is 0 Å². The van der Waals surface area contributed by atoms with Gasteiger partial charge in [0.1, 0.15) is 5.75 Å². The largest absolute Gasteiger partial charge is 0.482 e. The number of carbonyl (C=O) groups is 1. The highest BCUT2D eigenvalue weighted by Gasteiger charge is 2.19. The molecule has 1 rings (SSSR count). The quantitative estimate of drug-likeness (QED) is 0.764. The molecule has 0 heterocycles. The van der Waals surface area contributed by atoms with Crippen molar-refractivity contribution in [3.8, 4) is 5.75 Å². The minimum Gasteiger partial charge on any atom is -0.482 e. The first kappa shape index (κ1) is 15.3. The first-order valence-corrected chi connectivity index (χ1v) is 6.49. The number of rotatable bonds is 7. The molecule has 0 aliphatic rings. The van der Waals surface area contributed by atoms with Crippen molar-refractivity contribution in [2.45, 2.75) is 39.0 Å². The molecule has 0 aliphatic heterocycles. The lowest BCUT2D eigenvalue weighted by Crippen LogP contribution is -2.16. The van der Waals surface area contributed by atoms with Crippen molar-refractivity contribution in [3.05, 3.63) is 42.0 Å². The van der Waals surface area contributed by atoms with Crippen molar-refractivity contribution < 1.29 is 14.6 Å². The van der Waals surface area contributed by atoms with Crippen molar-refractivity contribution in [1.29, 1.82) is 0 Å². The maximum atomic E-state index is 10.6. The van der Waals surface area contributed by atoms with E-state index in [4.69, 9.17) is 9.84 Å². The van der Waals surface area contributed by atoms with E-state index in [2.05, 4.69) is 33.4 Å². The third-order valence-electron chi connectivity index (χ3n) is 3.44. The van der Waals surface area contributed by atoms with Crippen LogP contribution < -0.4 is 4.74 Å². The molecular formula is C16H22O3. The van der Waals surface area contributed by atoms with Crippen LogP contribution in [-0.4, -0.2) is 17.7 Å². The van der Waals surface area contributed by atoms with Crippen LogP contribution in [0.3, 0.4) is 0 Å². The number of hydrogen-bond acceptors (Lipinski definition) is 2. The standard InChI is InChI=1S/C16H22O3/c1-5-7-12-10-13(16(3,4)6-2)8-9-14(12)19-11-15(17)18/h5,8-10H,1,6-7,11H2,2-4H3,(H,17,18). The molecule has 0 bridgehead atoms. The molecule has 1 aromatic rings. The van der Waals surface area contributed by atoms with E-state index < -0.39 is 5.97 Å². The molecule has 0 saturated heterocycles. The lowest BCUT2D eigenvalue weighted by Gasteiger charge is -2.24. The SMILES string of the molecule is C=CCc1cc(C(C)(C)CC)ccc1OCC(=O)O. The predicted molar refractivity (Wildman–Crippen MR) is 76.8 cm³/mol. The summed E-state index contributed by atoms with van der Waals surface area (Å²) in [6.07, 6.45) is 3.50. The number of ether oxygens (including phenoxy) is 1. The van der Waals surface area contributed by atoms with Gasteiger partial charge in [-0.05, 0) is 35.4 Å². The number of allylic oxidation sites excluding steroid dienone is 1. The molecule has 0 atom stereocenters. The summed E-state index contributed by atoms with van der Waals surface area (Å²) in [5, 5.41) is 8.67. The highest BCUT2D eigenvalue weighted by Crippen LogP contribution is 2.31. The van der Waals surface area contributed by atoms with Gasteiger partial charge in [0.15, 0.2) is 6.61 Å². The Labute approximate surface area is 114 Å². The Hall–Kier alpha value is -1.77. The smallest absolute Gasteiger partial charge is 0.341 e. The van der Waals surface area contributed by atoms with E-state index in [0.29, 0.717) is 12.2 Å². The van der Waals surface area contributed by atoms with Crippen LogP contribution in [-0.2, 0) is 16.6 Å². The van der Waals surface area contributed by atoms with Crippen molar-refractivity contribution >= 4 is 5.97 Å². The van der Waals surface area contributed by atoms with Crippen LogP contribution in [0.4, 0.5) is 0 Å². The van der Waals surface area contributed by atoms with Gasteiger partial charge in [0.05, 0.1) is 0 Å². The first-order valence-electron chi connectivity index (χ1n) is 6.49. The topological polar surface area (TPSA) is 46.5 Å². The molecule has 19 heavy (non-hydrogen) atoms. The molecule has 0 saturated carbocycles. The molecule has 104 valence electrons. The minimum absolute atomic E-state index is 0.0985. The number of hydrogen-bond donors (Lipinski definition) is 1. The Bertz CT molecular complexity index is 461. The maximum Gasteiger partial charge on any atom is 0.341 e. The van der Waals surface area contributed by atoms with Gasteiger partial charge in [-0.1, -0.05) is 39.0 Å². The summed E-state index contributed by atoms with van der Waals surface area (Å²) in [5.74, 6) is -0.347. The average molecular weight is 262 g/mol. The molecule has 0 unspecified atom stereocenters. The monoisotopic (exact) mass is 262 g/mol. The van der Waals surface area contributed by atoms with Gasteiger partial charge in [0.25, 0.3) is 0 Å². The molecule has 0 radical (unpaired) electrons. The fraction of sp³-hybridized carbons (Fsp3) is 0.438. The van der Waals surface area contributed by atoms with Crippen molar-refractivity contribution in [3.63, 3.8) is 0 Å². The van der Waals surface area contributed by atoms with E-state index in [1.54, 1.807) is 6.08 Å². The molecule has 0 aromatic heterocycles. The summed E-state index contributed by atoms with van der Waals surface area (Å²) in [6, 6.07) is 5.95. The molecule has 0 fully saturated rings. The van der Waals surface area contributed by atoms with Gasteiger partial charge in [0, 0.05) is 0 Å². The normalized spacial score (nSPS) is 11.1. The fourth-order valence-corrected chi connectivity index (χ4v) is 1.80. The van der Waals surface area contributed by atoms with Crippen molar-refractivity contribution in [2.75, 3.05) is 6.61 Å². The predicted octanol–water partition coefficient (Wildman–Crippen LogP) is 3.57. The van der Waals surface area contributed by atoms with Gasteiger partial charge in [-0.15, -0.1) is 6.58 Å². The zero-order valence-corrected chi connectivity index (χ0v) is 11.9. The van der Waals surface area contributed by atoms with Gasteiger partial charge in [-0.3, -0.25) is 0 Å². The third-order valence-corrected chi connectivity index (χ3v) is 3.44. The molecule has 0 spiro atoms. The zero-order valence-electron chi connectivity index (χ0n) is 11.9. The zero-order chi connectivity index (χ0) is 14.5. The van der Waals surface area contributed by atoms with Crippen LogP contribution in [0, 0.1) is 0 Å². The van der Waals surface area contributed by atoms with Crippen molar-refractivity contribution in [1.82, 2.24) is 0 Å². The van der Waals surface area contributed by atoms with Crippen LogP contribution in [0.25, 0.3) is 0 Å². The van der Waals surface area contributed by atoms with Gasteiger partial charge >= 0.3 is 5.97 Å². The van der Waals surface area contributed by atoms with Crippen LogP contribution in [0.1, 0.15) is 38.3 Å². The van der Waals surface area contributed by atoms with Gasteiger partial charge in [0.2, 0.25) is 0 Å². The molecule has 3 heteroatoms. The molecule has 0 amide bonds. The maximum absolute atomic E-state index is 10.6. The van der Waals surface area contributed by atoms with Gasteiger partial charge in [-0.25, -0.2) is 4.79 Å². The van der Waals surface area contributed by atoms with E-state index in [1.165, 1.54) is 5.56 Å². The number of benzene rings is 1. The van der Waals surface area contributed by atoms with Crippen molar-refractivity contribution in [2.24, 2.45) is 0 Å². The Morgan fingerprint density at radius 2 is 2.16 bits per heavy atom. The van der Waals surface area contributed by atoms with Gasteiger partial charge in [-0.2, -0.15) is 0 Å². The number of carboxylic acid groups (broad SMARTS) is 1. The van der Waals surface area contributed by atoms with Crippen LogP contribution in [0.2, 0.25) is 0 Å². The highest BCUT2D eigenvalue weighted by atomic mass is 16.5. The summed E-state index contributed by atoms with van der Waals surface area (Å²) in [7, 11) is 0.